The third-order valence-electron chi connectivity index (χ3n) is 2.62. The summed E-state index contributed by atoms with van der Waals surface area (Å²) in [5.41, 5.74) is 0. The largest absolute Gasteiger partial charge is 0.381 e. The van der Waals surface area contributed by atoms with Gasteiger partial charge < -0.3 is 10.1 Å². The predicted molar refractivity (Wildman–Crippen MR) is 54.1 cm³/mol. The van der Waals surface area contributed by atoms with E-state index in [4.69, 9.17) is 4.74 Å². The zero-order valence-corrected chi connectivity index (χ0v) is 8.31. The summed E-state index contributed by atoms with van der Waals surface area (Å²) < 4.78 is 5.30. The van der Waals surface area contributed by atoms with E-state index in [1.54, 1.807) is 19.5 Å². The number of rotatable bonds is 3. The standard InChI is InChI=1S/C10H15N3O/c1-14-9-4-3-8(7-9)13-10-11-5-2-6-12-10/h2,5-6,8-9H,3-4,7H2,1H3,(H,11,12,13). The van der Waals surface area contributed by atoms with E-state index >= 15 is 0 Å². The Hall–Kier alpha value is -1.16. The first kappa shape index (κ1) is 9.40. The molecule has 0 aliphatic heterocycles. The summed E-state index contributed by atoms with van der Waals surface area (Å²) in [4.78, 5) is 8.26. The molecule has 1 N–H and O–H groups in total. The van der Waals surface area contributed by atoms with Crippen molar-refractivity contribution >= 4 is 5.95 Å². The van der Waals surface area contributed by atoms with Gasteiger partial charge in [-0.15, -0.1) is 0 Å². The Labute approximate surface area is 83.7 Å². The van der Waals surface area contributed by atoms with E-state index in [-0.39, 0.29) is 0 Å². The molecule has 1 aromatic rings. The molecule has 1 fully saturated rings. The van der Waals surface area contributed by atoms with Gasteiger partial charge in [-0.25, -0.2) is 9.97 Å². The highest BCUT2D eigenvalue weighted by atomic mass is 16.5. The number of ether oxygens (including phenoxy) is 1. The summed E-state index contributed by atoms with van der Waals surface area (Å²) in [6.45, 7) is 0. The van der Waals surface area contributed by atoms with Crippen molar-refractivity contribution in [1.29, 1.82) is 0 Å². The van der Waals surface area contributed by atoms with E-state index in [1.807, 2.05) is 6.07 Å². The van der Waals surface area contributed by atoms with Gasteiger partial charge in [-0.2, -0.15) is 0 Å². The van der Waals surface area contributed by atoms with Crippen LogP contribution in [-0.4, -0.2) is 29.2 Å². The average Bonchev–Trinajstić information content (AvgIpc) is 2.67. The third-order valence-corrected chi connectivity index (χ3v) is 2.62. The molecular formula is C10H15N3O. The lowest BCUT2D eigenvalue weighted by Crippen LogP contribution is -2.18. The van der Waals surface area contributed by atoms with E-state index < -0.39 is 0 Å². The number of hydrogen-bond donors (Lipinski definition) is 1. The van der Waals surface area contributed by atoms with Gasteiger partial charge in [0.25, 0.3) is 0 Å². The lowest BCUT2D eigenvalue weighted by molar-refractivity contribution is 0.108. The minimum atomic E-state index is 0.399. The normalized spacial score (nSPS) is 26.4. The fraction of sp³-hybridized carbons (Fsp3) is 0.600. The lowest BCUT2D eigenvalue weighted by Gasteiger charge is -2.11. The second-order valence-corrected chi connectivity index (χ2v) is 3.58. The van der Waals surface area contributed by atoms with Gasteiger partial charge in [-0.1, -0.05) is 0 Å². The highest BCUT2D eigenvalue weighted by Crippen LogP contribution is 2.23. The smallest absolute Gasteiger partial charge is 0.222 e. The van der Waals surface area contributed by atoms with Crippen LogP contribution in [0.15, 0.2) is 18.5 Å². The molecule has 76 valence electrons. The first-order valence-corrected chi connectivity index (χ1v) is 4.95. The Morgan fingerprint density at radius 3 is 2.79 bits per heavy atom. The first-order chi connectivity index (χ1) is 6.88. The van der Waals surface area contributed by atoms with Crippen molar-refractivity contribution in [2.24, 2.45) is 0 Å². The van der Waals surface area contributed by atoms with Crippen molar-refractivity contribution in [3.8, 4) is 0 Å². The number of nitrogens with one attached hydrogen (secondary N) is 1. The second-order valence-electron chi connectivity index (χ2n) is 3.58. The van der Waals surface area contributed by atoms with E-state index in [0.717, 1.165) is 19.3 Å². The molecule has 4 heteroatoms. The lowest BCUT2D eigenvalue weighted by atomic mass is 10.2. The summed E-state index contributed by atoms with van der Waals surface area (Å²) >= 11 is 0. The van der Waals surface area contributed by atoms with Gasteiger partial charge in [0.1, 0.15) is 0 Å². The van der Waals surface area contributed by atoms with Crippen molar-refractivity contribution in [2.45, 2.75) is 31.4 Å². The molecule has 2 rings (SSSR count). The molecule has 2 atom stereocenters. The molecule has 1 aliphatic carbocycles. The van der Waals surface area contributed by atoms with Gasteiger partial charge >= 0.3 is 0 Å². The molecule has 0 spiro atoms. The summed E-state index contributed by atoms with van der Waals surface area (Å²) in [6, 6.07) is 2.28. The number of nitrogens with zero attached hydrogens (tertiary/aromatic N) is 2. The number of aromatic nitrogens is 2. The Morgan fingerprint density at radius 2 is 2.14 bits per heavy atom. The molecular weight excluding hydrogens is 178 g/mol. The summed E-state index contributed by atoms with van der Waals surface area (Å²) in [7, 11) is 1.77. The van der Waals surface area contributed by atoms with Crippen LogP contribution in [0.1, 0.15) is 19.3 Å². The highest BCUT2D eigenvalue weighted by molar-refractivity contribution is 5.24. The van der Waals surface area contributed by atoms with Crippen LogP contribution in [0, 0.1) is 0 Å². The van der Waals surface area contributed by atoms with Crippen LogP contribution in [0.4, 0.5) is 5.95 Å². The Bertz CT molecular complexity index is 278. The van der Waals surface area contributed by atoms with Crippen molar-refractivity contribution in [3.63, 3.8) is 0 Å². The van der Waals surface area contributed by atoms with Crippen LogP contribution < -0.4 is 5.32 Å². The van der Waals surface area contributed by atoms with Gasteiger partial charge in [0.2, 0.25) is 5.95 Å². The molecule has 14 heavy (non-hydrogen) atoms. The summed E-state index contributed by atoms with van der Waals surface area (Å²) in [5, 5.41) is 3.30. The second kappa shape index (κ2) is 4.37. The van der Waals surface area contributed by atoms with E-state index in [2.05, 4.69) is 15.3 Å². The van der Waals surface area contributed by atoms with E-state index in [0.29, 0.717) is 18.1 Å². The fourth-order valence-electron chi connectivity index (χ4n) is 1.84. The minimum absolute atomic E-state index is 0.399. The molecule has 0 saturated heterocycles. The van der Waals surface area contributed by atoms with Crippen LogP contribution in [0.3, 0.4) is 0 Å². The first-order valence-electron chi connectivity index (χ1n) is 4.95. The maximum Gasteiger partial charge on any atom is 0.222 e. The summed E-state index contributed by atoms with van der Waals surface area (Å²) in [6.07, 6.45) is 7.21. The van der Waals surface area contributed by atoms with Crippen LogP contribution >= 0.6 is 0 Å². The fourth-order valence-corrected chi connectivity index (χ4v) is 1.84. The van der Waals surface area contributed by atoms with Gasteiger partial charge in [0, 0.05) is 25.5 Å². The van der Waals surface area contributed by atoms with Crippen molar-refractivity contribution < 1.29 is 4.74 Å². The molecule has 1 saturated carbocycles. The van der Waals surface area contributed by atoms with Crippen LogP contribution in [0.25, 0.3) is 0 Å². The van der Waals surface area contributed by atoms with Crippen molar-refractivity contribution in [1.82, 2.24) is 9.97 Å². The molecule has 4 nitrogen and oxygen atoms in total. The van der Waals surface area contributed by atoms with Crippen molar-refractivity contribution in [2.75, 3.05) is 12.4 Å². The topological polar surface area (TPSA) is 47.0 Å². The molecule has 1 aliphatic rings. The monoisotopic (exact) mass is 193 g/mol. The molecule has 1 heterocycles. The van der Waals surface area contributed by atoms with Gasteiger partial charge in [-0.3, -0.25) is 0 Å². The molecule has 0 amide bonds. The van der Waals surface area contributed by atoms with Crippen LogP contribution in [0.5, 0.6) is 0 Å². The molecule has 0 bridgehead atoms. The van der Waals surface area contributed by atoms with Gasteiger partial charge in [0.15, 0.2) is 0 Å². The zero-order chi connectivity index (χ0) is 9.80. The van der Waals surface area contributed by atoms with Gasteiger partial charge in [0.05, 0.1) is 6.10 Å². The maximum atomic E-state index is 5.30. The minimum Gasteiger partial charge on any atom is -0.381 e. The zero-order valence-electron chi connectivity index (χ0n) is 8.31. The van der Waals surface area contributed by atoms with E-state index in [1.165, 1.54) is 0 Å². The third kappa shape index (κ3) is 2.20. The van der Waals surface area contributed by atoms with Crippen LogP contribution in [0.2, 0.25) is 0 Å². The number of anilines is 1. The highest BCUT2D eigenvalue weighted by Gasteiger charge is 2.24. The van der Waals surface area contributed by atoms with Crippen molar-refractivity contribution in [3.05, 3.63) is 18.5 Å². The molecule has 2 unspecified atom stereocenters. The maximum absolute atomic E-state index is 5.30. The number of methoxy groups -OCH3 is 1. The van der Waals surface area contributed by atoms with Gasteiger partial charge in [-0.05, 0) is 25.3 Å². The Kier molecular flexibility index (Phi) is 2.93. The SMILES string of the molecule is COC1CCC(Nc2ncccn2)C1. The molecule has 0 radical (unpaired) electrons. The number of hydrogen-bond acceptors (Lipinski definition) is 4. The Morgan fingerprint density at radius 1 is 1.36 bits per heavy atom. The quantitative estimate of drug-likeness (QED) is 0.789. The molecule has 1 aromatic heterocycles. The Balaban J connectivity index is 1.88. The van der Waals surface area contributed by atoms with Crippen LogP contribution in [-0.2, 0) is 4.74 Å². The average molecular weight is 193 g/mol. The summed E-state index contributed by atoms with van der Waals surface area (Å²) in [5.74, 6) is 0.717. The predicted octanol–water partition coefficient (Wildman–Crippen LogP) is 1.46. The van der Waals surface area contributed by atoms with E-state index in [9.17, 15) is 0 Å². The molecule has 0 aromatic carbocycles.